The highest BCUT2D eigenvalue weighted by molar-refractivity contribution is 5.71. The fraction of sp³-hybridized carbons (Fsp3) is 0.913. The molecule has 0 saturated heterocycles. The second-order valence-corrected chi connectivity index (χ2v) is 8.43. The van der Waals surface area contributed by atoms with Gasteiger partial charge in [0.05, 0.1) is 5.92 Å². The summed E-state index contributed by atoms with van der Waals surface area (Å²) in [6.07, 6.45) is 10.8. The highest BCUT2D eigenvalue weighted by Gasteiger charge is 2.48. The van der Waals surface area contributed by atoms with Gasteiger partial charge >= 0.3 is 11.9 Å². The van der Waals surface area contributed by atoms with Crippen LogP contribution in [0.25, 0.3) is 0 Å². The van der Waals surface area contributed by atoms with Crippen molar-refractivity contribution in [1.82, 2.24) is 0 Å². The summed E-state index contributed by atoms with van der Waals surface area (Å²) in [6.45, 7) is 11.0. The summed E-state index contributed by atoms with van der Waals surface area (Å²) in [4.78, 5) is 23.1. The van der Waals surface area contributed by atoms with E-state index in [1.165, 1.54) is 25.7 Å². The van der Waals surface area contributed by atoms with Gasteiger partial charge in [-0.15, -0.1) is 0 Å². The number of unbranched alkanes of at least 4 members (excludes halogenated alkanes) is 5. The lowest BCUT2D eigenvalue weighted by molar-refractivity contribution is -0.153. The number of aliphatic carboxylic acids is 2. The van der Waals surface area contributed by atoms with Crippen LogP contribution in [-0.4, -0.2) is 22.2 Å². The van der Waals surface area contributed by atoms with Crippen molar-refractivity contribution in [1.29, 1.82) is 0 Å². The van der Waals surface area contributed by atoms with Crippen LogP contribution < -0.4 is 0 Å². The molecule has 0 amide bonds. The van der Waals surface area contributed by atoms with E-state index in [0.29, 0.717) is 31.1 Å². The molecule has 0 aromatic heterocycles. The van der Waals surface area contributed by atoms with E-state index in [-0.39, 0.29) is 17.8 Å². The minimum Gasteiger partial charge on any atom is -0.481 e. The van der Waals surface area contributed by atoms with Crippen LogP contribution >= 0.6 is 0 Å². The molecule has 2 N–H and O–H groups in total. The molecule has 3 atom stereocenters. The summed E-state index contributed by atoms with van der Waals surface area (Å²) < 4.78 is 0. The minimum atomic E-state index is -0.798. The molecule has 0 aliphatic rings. The van der Waals surface area contributed by atoms with Crippen LogP contribution in [0.15, 0.2) is 0 Å². The summed E-state index contributed by atoms with van der Waals surface area (Å²) >= 11 is 0. The Morgan fingerprint density at radius 1 is 0.815 bits per heavy atom. The van der Waals surface area contributed by atoms with Gasteiger partial charge in [-0.1, -0.05) is 86.0 Å². The van der Waals surface area contributed by atoms with Gasteiger partial charge in [-0.05, 0) is 36.5 Å². The molecule has 0 fully saturated rings. The predicted octanol–water partition coefficient (Wildman–Crippen LogP) is 6.77. The van der Waals surface area contributed by atoms with Crippen molar-refractivity contribution in [3.05, 3.63) is 0 Å². The largest absolute Gasteiger partial charge is 0.481 e. The van der Waals surface area contributed by atoms with Crippen LogP contribution in [0.1, 0.15) is 112 Å². The normalized spacial score (nSPS) is 17.1. The second kappa shape index (κ2) is 14.0. The highest BCUT2D eigenvalue weighted by Crippen LogP contribution is 2.51. The van der Waals surface area contributed by atoms with Crippen molar-refractivity contribution >= 4 is 11.9 Å². The zero-order valence-electron chi connectivity index (χ0n) is 18.4. The fourth-order valence-corrected chi connectivity index (χ4v) is 4.88. The molecule has 0 rings (SSSR count). The Balaban J connectivity index is 5.47. The van der Waals surface area contributed by atoms with Crippen molar-refractivity contribution in [3.8, 4) is 0 Å². The lowest BCUT2D eigenvalue weighted by Crippen LogP contribution is -2.46. The summed E-state index contributed by atoms with van der Waals surface area (Å²) in [5.74, 6) is -1.19. The summed E-state index contributed by atoms with van der Waals surface area (Å²) in [7, 11) is 0. The third-order valence-corrected chi connectivity index (χ3v) is 6.85. The lowest BCUT2D eigenvalue weighted by atomic mass is 9.55. The van der Waals surface area contributed by atoms with Gasteiger partial charge in [-0.3, -0.25) is 9.59 Å². The monoisotopic (exact) mass is 384 g/mol. The molecule has 0 heterocycles. The van der Waals surface area contributed by atoms with E-state index in [2.05, 4.69) is 34.6 Å². The average Bonchev–Trinajstić information content (AvgIpc) is 2.63. The van der Waals surface area contributed by atoms with Crippen LogP contribution in [0.4, 0.5) is 0 Å². The molecule has 0 aromatic carbocycles. The molecule has 0 radical (unpaired) electrons. The van der Waals surface area contributed by atoms with E-state index in [4.69, 9.17) is 5.11 Å². The fourth-order valence-electron chi connectivity index (χ4n) is 4.88. The molecule has 160 valence electrons. The number of carboxylic acids is 2. The first kappa shape index (κ1) is 25.9. The molecule has 0 saturated carbocycles. The van der Waals surface area contributed by atoms with Crippen LogP contribution in [0.2, 0.25) is 0 Å². The van der Waals surface area contributed by atoms with Gasteiger partial charge in [-0.25, -0.2) is 0 Å². The van der Waals surface area contributed by atoms with Crippen molar-refractivity contribution in [2.45, 2.75) is 112 Å². The van der Waals surface area contributed by atoms with E-state index >= 15 is 0 Å². The number of hydrogen-bond donors (Lipinski definition) is 2. The third kappa shape index (κ3) is 8.23. The second-order valence-electron chi connectivity index (χ2n) is 8.43. The average molecular weight is 385 g/mol. The van der Waals surface area contributed by atoms with Crippen LogP contribution in [0.5, 0.6) is 0 Å². The summed E-state index contributed by atoms with van der Waals surface area (Å²) in [5.41, 5.74) is -0.204. The minimum absolute atomic E-state index is 0.128. The SMILES string of the molecule is CCCCCCCC(C(C)CC)(C(C)CC)C(CCCCC(=O)O)C(=O)O. The van der Waals surface area contributed by atoms with Crippen molar-refractivity contribution < 1.29 is 19.8 Å². The molecule has 0 aliphatic heterocycles. The molecule has 0 aromatic rings. The molecule has 0 aliphatic carbocycles. The Morgan fingerprint density at radius 3 is 1.81 bits per heavy atom. The number of carbonyl (C=O) groups is 2. The Kier molecular flexibility index (Phi) is 13.5. The van der Waals surface area contributed by atoms with Crippen LogP contribution in [0.3, 0.4) is 0 Å². The molecule has 4 nitrogen and oxygen atoms in total. The van der Waals surface area contributed by atoms with E-state index in [0.717, 1.165) is 25.7 Å². The van der Waals surface area contributed by atoms with Gasteiger partial charge in [0.1, 0.15) is 0 Å². The maximum absolute atomic E-state index is 12.3. The number of hydrogen-bond acceptors (Lipinski definition) is 2. The first-order valence-corrected chi connectivity index (χ1v) is 11.2. The van der Waals surface area contributed by atoms with Crippen LogP contribution in [0, 0.1) is 23.2 Å². The van der Waals surface area contributed by atoms with E-state index in [1.807, 2.05) is 0 Å². The van der Waals surface area contributed by atoms with E-state index in [1.54, 1.807) is 0 Å². The predicted molar refractivity (Wildman–Crippen MR) is 112 cm³/mol. The van der Waals surface area contributed by atoms with Gasteiger partial charge < -0.3 is 10.2 Å². The van der Waals surface area contributed by atoms with Crippen LogP contribution in [-0.2, 0) is 9.59 Å². The van der Waals surface area contributed by atoms with Crippen molar-refractivity contribution in [2.24, 2.45) is 23.2 Å². The number of rotatable bonds is 17. The smallest absolute Gasteiger partial charge is 0.307 e. The Morgan fingerprint density at radius 2 is 1.37 bits per heavy atom. The topological polar surface area (TPSA) is 74.6 Å². The van der Waals surface area contributed by atoms with E-state index in [9.17, 15) is 14.7 Å². The third-order valence-electron chi connectivity index (χ3n) is 6.85. The maximum atomic E-state index is 12.3. The molecule has 0 bridgehead atoms. The van der Waals surface area contributed by atoms with E-state index < -0.39 is 11.9 Å². The summed E-state index contributed by atoms with van der Waals surface area (Å²) in [6, 6.07) is 0. The van der Waals surface area contributed by atoms with Gasteiger partial charge in [0.15, 0.2) is 0 Å². The first-order chi connectivity index (χ1) is 12.8. The first-order valence-electron chi connectivity index (χ1n) is 11.2. The molecular weight excluding hydrogens is 340 g/mol. The summed E-state index contributed by atoms with van der Waals surface area (Å²) in [5, 5.41) is 19.0. The zero-order valence-corrected chi connectivity index (χ0v) is 18.4. The lowest BCUT2D eigenvalue weighted by Gasteiger charge is -2.48. The Bertz CT molecular complexity index is 409. The molecule has 3 unspecified atom stereocenters. The van der Waals surface area contributed by atoms with Gasteiger partial charge in [0, 0.05) is 6.42 Å². The molecular formula is C23H44O4. The maximum Gasteiger partial charge on any atom is 0.307 e. The van der Waals surface area contributed by atoms with Gasteiger partial charge in [0.2, 0.25) is 0 Å². The molecule has 0 spiro atoms. The molecule has 4 heteroatoms. The van der Waals surface area contributed by atoms with Gasteiger partial charge in [0.25, 0.3) is 0 Å². The zero-order chi connectivity index (χ0) is 20.9. The van der Waals surface area contributed by atoms with Crippen molar-refractivity contribution in [3.63, 3.8) is 0 Å². The molecule has 27 heavy (non-hydrogen) atoms. The quantitative estimate of drug-likeness (QED) is 0.271. The van der Waals surface area contributed by atoms with Gasteiger partial charge in [-0.2, -0.15) is 0 Å². The standard InChI is InChI=1S/C23H44O4/c1-6-9-10-11-14-17-23(18(4)7-2,19(5)8-3)20(22(26)27)15-12-13-16-21(24)25/h18-20H,6-17H2,1-5H3,(H,24,25)(H,26,27). The van der Waals surface area contributed by atoms with Crippen molar-refractivity contribution in [2.75, 3.05) is 0 Å². The Hall–Kier alpha value is -1.06. The Labute approximate surface area is 167 Å². The highest BCUT2D eigenvalue weighted by atomic mass is 16.4. The number of carboxylic acid groups (broad SMARTS) is 2.